The Morgan fingerprint density at radius 2 is 1.92 bits per heavy atom. The number of hydrogen-bond acceptors (Lipinski definition) is 1. The summed E-state index contributed by atoms with van der Waals surface area (Å²) in [6.07, 6.45) is 2.85. The molecule has 1 N–H and O–H groups in total. The third kappa shape index (κ3) is 3.92. The lowest BCUT2D eigenvalue weighted by Gasteiger charge is -2.18. The second-order valence-electron chi connectivity index (χ2n) is 7.28. The molecule has 0 heterocycles. The Kier molecular flexibility index (Phi) is 5.22. The number of anilines is 1. The van der Waals surface area contributed by atoms with Crippen LogP contribution in [0.15, 0.2) is 42.5 Å². The smallest absolute Gasteiger partial charge is 0.228 e. The van der Waals surface area contributed by atoms with E-state index in [2.05, 4.69) is 44.3 Å². The number of hydrogen-bond donors (Lipinski definition) is 1. The first kappa shape index (κ1) is 17.7. The van der Waals surface area contributed by atoms with E-state index in [1.54, 1.807) is 12.1 Å². The zero-order chi connectivity index (χ0) is 18.0. The van der Waals surface area contributed by atoms with E-state index in [0.717, 1.165) is 30.5 Å². The summed E-state index contributed by atoms with van der Waals surface area (Å²) in [5.41, 5.74) is 4.45. The Bertz CT molecular complexity index is 751. The molecule has 3 rings (SSSR count). The molecule has 0 aromatic heterocycles. The van der Waals surface area contributed by atoms with Crippen molar-refractivity contribution in [1.29, 1.82) is 0 Å². The van der Waals surface area contributed by atoms with Crippen molar-refractivity contribution in [2.24, 2.45) is 5.92 Å². The van der Waals surface area contributed by atoms with Crippen LogP contribution in [-0.4, -0.2) is 5.91 Å². The minimum Gasteiger partial charge on any atom is -0.325 e. The van der Waals surface area contributed by atoms with Crippen LogP contribution in [0.4, 0.5) is 10.1 Å². The van der Waals surface area contributed by atoms with Crippen LogP contribution in [0.2, 0.25) is 0 Å². The first-order valence-electron chi connectivity index (χ1n) is 9.19. The van der Waals surface area contributed by atoms with E-state index in [4.69, 9.17) is 0 Å². The molecule has 1 amide bonds. The minimum absolute atomic E-state index is 0.0137. The molecule has 2 atom stereocenters. The highest BCUT2D eigenvalue weighted by Gasteiger charge is 2.44. The molecule has 2 nitrogen and oxygen atoms in total. The molecule has 3 heteroatoms. The molecule has 1 fully saturated rings. The van der Waals surface area contributed by atoms with Crippen molar-refractivity contribution in [3.63, 3.8) is 0 Å². The van der Waals surface area contributed by atoms with E-state index in [-0.39, 0.29) is 23.6 Å². The topological polar surface area (TPSA) is 29.1 Å². The first-order valence-corrected chi connectivity index (χ1v) is 9.19. The van der Waals surface area contributed by atoms with Crippen molar-refractivity contribution in [2.45, 2.75) is 51.9 Å². The fourth-order valence-corrected chi connectivity index (χ4v) is 3.51. The van der Waals surface area contributed by atoms with Crippen LogP contribution in [0.25, 0.3) is 0 Å². The van der Waals surface area contributed by atoms with Crippen LogP contribution in [0.3, 0.4) is 0 Å². The predicted octanol–water partition coefficient (Wildman–Crippen LogP) is 5.64. The van der Waals surface area contributed by atoms with Crippen LogP contribution < -0.4 is 5.32 Å². The van der Waals surface area contributed by atoms with Gasteiger partial charge in [0.15, 0.2) is 0 Å². The molecule has 0 aliphatic heterocycles. The highest BCUT2D eigenvalue weighted by Crippen LogP contribution is 2.48. The fourth-order valence-electron chi connectivity index (χ4n) is 3.51. The van der Waals surface area contributed by atoms with Crippen molar-refractivity contribution in [1.82, 2.24) is 0 Å². The van der Waals surface area contributed by atoms with E-state index in [1.807, 2.05) is 0 Å². The Labute approximate surface area is 149 Å². The molecular weight excluding hydrogens is 313 g/mol. The zero-order valence-electron chi connectivity index (χ0n) is 15.2. The van der Waals surface area contributed by atoms with Gasteiger partial charge in [0.1, 0.15) is 5.82 Å². The third-order valence-electron chi connectivity index (χ3n) is 5.00. The minimum atomic E-state index is -0.236. The molecule has 1 saturated carbocycles. The van der Waals surface area contributed by atoms with Gasteiger partial charge in [-0.15, -0.1) is 0 Å². The summed E-state index contributed by atoms with van der Waals surface area (Å²) in [5, 5.41) is 3.21. The average Bonchev–Trinajstić information content (AvgIpc) is 3.38. The molecule has 0 spiro atoms. The van der Waals surface area contributed by atoms with Gasteiger partial charge in [0, 0.05) is 11.6 Å². The molecule has 25 heavy (non-hydrogen) atoms. The van der Waals surface area contributed by atoms with Gasteiger partial charge in [-0.1, -0.05) is 57.5 Å². The quantitative estimate of drug-likeness (QED) is 0.724. The number of aryl methyl sites for hydroxylation is 1. The van der Waals surface area contributed by atoms with Gasteiger partial charge in [0.25, 0.3) is 0 Å². The van der Waals surface area contributed by atoms with Gasteiger partial charge in [-0.3, -0.25) is 4.79 Å². The number of rotatable bonds is 6. The highest BCUT2D eigenvalue weighted by molar-refractivity contribution is 5.96. The van der Waals surface area contributed by atoms with Crippen LogP contribution in [0.1, 0.15) is 62.1 Å². The molecule has 0 radical (unpaired) electrons. The number of carbonyl (C=O) groups excluding carboxylic acids is 1. The first-order chi connectivity index (χ1) is 12.0. The summed E-state index contributed by atoms with van der Waals surface area (Å²) in [6, 6.07) is 12.8. The monoisotopic (exact) mass is 339 g/mol. The lowest BCUT2D eigenvalue weighted by molar-refractivity contribution is -0.117. The van der Waals surface area contributed by atoms with Crippen molar-refractivity contribution >= 4 is 11.6 Å². The van der Waals surface area contributed by atoms with Crippen molar-refractivity contribution in [2.75, 3.05) is 5.32 Å². The number of nitrogens with one attached hydrogen (secondary N) is 1. The van der Waals surface area contributed by atoms with E-state index < -0.39 is 0 Å². The Hall–Kier alpha value is -2.16. The Balaban J connectivity index is 1.76. The Morgan fingerprint density at radius 3 is 2.56 bits per heavy atom. The summed E-state index contributed by atoms with van der Waals surface area (Å²) in [7, 11) is 0. The van der Waals surface area contributed by atoms with Gasteiger partial charge in [-0.05, 0) is 53.5 Å². The van der Waals surface area contributed by atoms with Crippen molar-refractivity contribution in [3.05, 3.63) is 65.0 Å². The number of para-hydroxylation sites is 1. The maximum atomic E-state index is 13.1. The fraction of sp³-hybridized carbons (Fsp3) is 0.409. The molecule has 132 valence electrons. The largest absolute Gasteiger partial charge is 0.325 e. The normalized spacial score (nSPS) is 19.1. The molecule has 1 aliphatic rings. The maximum Gasteiger partial charge on any atom is 0.228 e. The molecule has 0 bridgehead atoms. The van der Waals surface area contributed by atoms with Gasteiger partial charge in [0.05, 0.1) is 0 Å². The second-order valence-corrected chi connectivity index (χ2v) is 7.28. The lowest BCUT2D eigenvalue weighted by atomic mass is 9.95. The van der Waals surface area contributed by atoms with Gasteiger partial charge in [0.2, 0.25) is 5.91 Å². The molecule has 0 saturated heterocycles. The second kappa shape index (κ2) is 7.38. The lowest BCUT2D eigenvalue weighted by Crippen LogP contribution is -2.17. The van der Waals surface area contributed by atoms with Crippen LogP contribution >= 0.6 is 0 Å². The van der Waals surface area contributed by atoms with E-state index >= 15 is 0 Å². The molecular formula is C22H26FNO. The summed E-state index contributed by atoms with van der Waals surface area (Å²) < 4.78 is 13.1. The number of halogens is 1. The predicted molar refractivity (Wildman–Crippen MR) is 100 cm³/mol. The van der Waals surface area contributed by atoms with Crippen LogP contribution in [-0.2, 0) is 11.2 Å². The summed E-state index contributed by atoms with van der Waals surface area (Å²) >= 11 is 0. The number of amides is 1. The Morgan fingerprint density at radius 1 is 1.20 bits per heavy atom. The molecule has 2 aromatic carbocycles. The van der Waals surface area contributed by atoms with E-state index in [9.17, 15) is 9.18 Å². The summed E-state index contributed by atoms with van der Waals surface area (Å²) in [5.74, 6) is 0.404. The van der Waals surface area contributed by atoms with Gasteiger partial charge in [-0.25, -0.2) is 4.39 Å². The van der Waals surface area contributed by atoms with Gasteiger partial charge >= 0.3 is 0 Å². The average molecular weight is 339 g/mol. The highest BCUT2D eigenvalue weighted by atomic mass is 19.1. The maximum absolute atomic E-state index is 13.1. The van der Waals surface area contributed by atoms with Crippen LogP contribution in [0.5, 0.6) is 0 Å². The SMILES string of the molecule is CCCc1cccc(C(C)C)c1NC(=O)[C@H]1C[C@H]1c1ccc(F)cc1. The van der Waals surface area contributed by atoms with Crippen LogP contribution in [0, 0.1) is 11.7 Å². The van der Waals surface area contributed by atoms with Crippen molar-refractivity contribution < 1.29 is 9.18 Å². The van der Waals surface area contributed by atoms with E-state index in [1.165, 1.54) is 23.3 Å². The summed E-state index contributed by atoms with van der Waals surface area (Å²) in [4.78, 5) is 12.8. The third-order valence-corrected chi connectivity index (χ3v) is 5.00. The zero-order valence-corrected chi connectivity index (χ0v) is 15.2. The number of carbonyl (C=O) groups is 1. The van der Waals surface area contributed by atoms with Gasteiger partial charge in [-0.2, -0.15) is 0 Å². The van der Waals surface area contributed by atoms with Gasteiger partial charge < -0.3 is 5.32 Å². The van der Waals surface area contributed by atoms with E-state index in [0.29, 0.717) is 5.92 Å². The summed E-state index contributed by atoms with van der Waals surface area (Å²) in [6.45, 7) is 6.46. The molecule has 2 aromatic rings. The number of benzene rings is 2. The standard InChI is InChI=1S/C22H26FNO/c1-4-6-16-7-5-8-18(14(2)3)21(16)24-22(25)20-13-19(20)15-9-11-17(23)12-10-15/h5,7-12,14,19-20H,4,6,13H2,1-3H3,(H,24,25)/t19-,20-/m0/s1. The molecule has 0 unspecified atom stereocenters. The van der Waals surface area contributed by atoms with Crippen molar-refractivity contribution in [3.8, 4) is 0 Å². The molecule has 1 aliphatic carbocycles.